The molecule has 2 aromatic heterocycles. The van der Waals surface area contributed by atoms with Gasteiger partial charge >= 0.3 is 6.03 Å². The standard InChI is InChI=1S/C17H17F3N6O2/c1-8-6-10(4-5-11(8)18)15-23-16(28-25-15)9(2)21-17(27)22-12-7-26(3)24-13(12)14(19)20/h4-7,9,14H,1-3H3,(H2,21,22,27). The molecule has 0 aliphatic carbocycles. The summed E-state index contributed by atoms with van der Waals surface area (Å²) in [5.74, 6) is -0.00968. The number of amides is 2. The van der Waals surface area contributed by atoms with Crippen molar-refractivity contribution < 1.29 is 22.5 Å². The van der Waals surface area contributed by atoms with Crippen molar-refractivity contribution in [2.75, 3.05) is 5.32 Å². The van der Waals surface area contributed by atoms with Gasteiger partial charge in [0.1, 0.15) is 11.9 Å². The first-order valence-corrected chi connectivity index (χ1v) is 8.24. The van der Waals surface area contributed by atoms with Crippen LogP contribution in [0.15, 0.2) is 28.9 Å². The highest BCUT2D eigenvalue weighted by molar-refractivity contribution is 5.90. The van der Waals surface area contributed by atoms with Gasteiger partial charge in [0.05, 0.1) is 5.69 Å². The van der Waals surface area contributed by atoms with Crippen LogP contribution in [0.3, 0.4) is 0 Å². The Labute approximate surface area is 157 Å². The third-order valence-corrected chi connectivity index (χ3v) is 3.89. The average Bonchev–Trinajstić information content (AvgIpc) is 3.24. The Kier molecular flexibility index (Phi) is 5.34. The van der Waals surface area contributed by atoms with Crippen LogP contribution in [0, 0.1) is 12.7 Å². The summed E-state index contributed by atoms with van der Waals surface area (Å²) in [5, 5.41) is 12.3. The molecule has 1 atom stereocenters. The van der Waals surface area contributed by atoms with E-state index in [1.165, 1.54) is 30.1 Å². The number of carbonyl (C=O) groups excluding carboxylic acids is 1. The van der Waals surface area contributed by atoms with Gasteiger partial charge in [-0.15, -0.1) is 0 Å². The fourth-order valence-corrected chi connectivity index (χ4v) is 2.49. The Morgan fingerprint density at radius 2 is 2.07 bits per heavy atom. The Hall–Kier alpha value is -3.37. The van der Waals surface area contributed by atoms with Crippen LogP contribution >= 0.6 is 0 Å². The van der Waals surface area contributed by atoms with Gasteiger partial charge in [0.2, 0.25) is 11.7 Å². The normalized spacial score (nSPS) is 12.2. The molecule has 0 aliphatic heterocycles. The van der Waals surface area contributed by atoms with E-state index in [4.69, 9.17) is 4.52 Å². The first-order valence-electron chi connectivity index (χ1n) is 8.24. The van der Waals surface area contributed by atoms with Gasteiger partial charge in [-0.2, -0.15) is 10.1 Å². The van der Waals surface area contributed by atoms with E-state index in [-0.39, 0.29) is 23.2 Å². The second kappa shape index (κ2) is 7.71. The molecule has 0 radical (unpaired) electrons. The molecule has 28 heavy (non-hydrogen) atoms. The molecule has 1 aromatic carbocycles. The van der Waals surface area contributed by atoms with E-state index in [9.17, 15) is 18.0 Å². The molecule has 11 heteroatoms. The number of aromatic nitrogens is 4. The number of benzene rings is 1. The van der Waals surface area contributed by atoms with Crippen molar-refractivity contribution in [3.8, 4) is 11.4 Å². The van der Waals surface area contributed by atoms with Gasteiger partial charge in [0, 0.05) is 18.8 Å². The summed E-state index contributed by atoms with van der Waals surface area (Å²) >= 11 is 0. The minimum absolute atomic E-state index is 0.102. The van der Waals surface area contributed by atoms with Crippen molar-refractivity contribution in [2.45, 2.75) is 26.3 Å². The van der Waals surface area contributed by atoms with Gasteiger partial charge < -0.3 is 15.2 Å². The summed E-state index contributed by atoms with van der Waals surface area (Å²) in [6, 6.07) is 2.94. The van der Waals surface area contributed by atoms with Gasteiger partial charge in [0.15, 0.2) is 5.69 Å². The van der Waals surface area contributed by atoms with Crippen LogP contribution in [0.4, 0.5) is 23.7 Å². The van der Waals surface area contributed by atoms with Gasteiger partial charge in [-0.1, -0.05) is 5.16 Å². The highest BCUT2D eigenvalue weighted by Crippen LogP contribution is 2.25. The van der Waals surface area contributed by atoms with Crippen LogP contribution < -0.4 is 10.6 Å². The number of alkyl halides is 2. The molecule has 0 saturated carbocycles. The number of nitrogens with zero attached hydrogens (tertiary/aromatic N) is 4. The number of aryl methyl sites for hydroxylation is 2. The van der Waals surface area contributed by atoms with Crippen LogP contribution in [0.25, 0.3) is 11.4 Å². The van der Waals surface area contributed by atoms with E-state index < -0.39 is 24.2 Å². The molecule has 0 spiro atoms. The number of anilines is 1. The SMILES string of the molecule is Cc1cc(-c2noc(C(C)NC(=O)Nc3cn(C)nc3C(F)F)n2)ccc1F. The number of carbonyl (C=O) groups is 1. The minimum Gasteiger partial charge on any atom is -0.337 e. The Balaban J connectivity index is 1.68. The predicted molar refractivity (Wildman–Crippen MR) is 93.2 cm³/mol. The van der Waals surface area contributed by atoms with Gasteiger partial charge in [-0.25, -0.2) is 18.0 Å². The number of halogens is 3. The first-order chi connectivity index (χ1) is 13.2. The Morgan fingerprint density at radius 1 is 1.32 bits per heavy atom. The van der Waals surface area contributed by atoms with Crippen molar-refractivity contribution in [1.82, 2.24) is 25.2 Å². The van der Waals surface area contributed by atoms with Crippen LogP contribution in [0.5, 0.6) is 0 Å². The number of urea groups is 1. The smallest absolute Gasteiger partial charge is 0.319 e. The monoisotopic (exact) mass is 394 g/mol. The number of nitrogens with one attached hydrogen (secondary N) is 2. The third kappa shape index (κ3) is 4.13. The molecule has 2 N–H and O–H groups in total. The summed E-state index contributed by atoms with van der Waals surface area (Å²) < 4.78 is 45.6. The summed E-state index contributed by atoms with van der Waals surface area (Å²) in [4.78, 5) is 16.3. The van der Waals surface area contributed by atoms with Crippen molar-refractivity contribution in [1.29, 1.82) is 0 Å². The maximum atomic E-state index is 13.4. The van der Waals surface area contributed by atoms with E-state index in [0.29, 0.717) is 11.1 Å². The summed E-state index contributed by atoms with van der Waals surface area (Å²) in [6.45, 7) is 3.20. The van der Waals surface area contributed by atoms with Crippen molar-refractivity contribution in [3.05, 3.63) is 47.4 Å². The van der Waals surface area contributed by atoms with Gasteiger partial charge in [0.25, 0.3) is 6.43 Å². The van der Waals surface area contributed by atoms with Crippen molar-refractivity contribution in [3.63, 3.8) is 0 Å². The highest BCUT2D eigenvalue weighted by atomic mass is 19.3. The zero-order valence-corrected chi connectivity index (χ0v) is 15.2. The number of hydrogen-bond donors (Lipinski definition) is 2. The van der Waals surface area contributed by atoms with E-state index in [1.54, 1.807) is 19.9 Å². The van der Waals surface area contributed by atoms with Crippen LogP contribution in [-0.2, 0) is 7.05 Å². The molecule has 0 saturated heterocycles. The van der Waals surface area contributed by atoms with Gasteiger partial charge in [-0.05, 0) is 37.6 Å². The molecule has 3 aromatic rings. The lowest BCUT2D eigenvalue weighted by atomic mass is 10.1. The van der Waals surface area contributed by atoms with E-state index in [2.05, 4.69) is 25.9 Å². The van der Waals surface area contributed by atoms with Crippen LogP contribution in [-0.4, -0.2) is 26.0 Å². The zero-order chi connectivity index (χ0) is 20.4. The van der Waals surface area contributed by atoms with Crippen molar-refractivity contribution in [2.24, 2.45) is 7.05 Å². The molecular weight excluding hydrogens is 377 g/mol. The second-order valence-electron chi connectivity index (χ2n) is 6.14. The predicted octanol–water partition coefficient (Wildman–Crippen LogP) is 3.74. The number of rotatable bonds is 5. The van der Waals surface area contributed by atoms with E-state index in [0.717, 1.165) is 0 Å². The lowest BCUT2D eigenvalue weighted by Crippen LogP contribution is -2.31. The maximum Gasteiger partial charge on any atom is 0.319 e. The summed E-state index contributed by atoms with van der Waals surface area (Å²) in [5.41, 5.74) is 0.357. The van der Waals surface area contributed by atoms with E-state index in [1.807, 2.05) is 0 Å². The Bertz CT molecular complexity index is 1000. The summed E-state index contributed by atoms with van der Waals surface area (Å²) in [6.07, 6.45) is -1.56. The highest BCUT2D eigenvalue weighted by Gasteiger charge is 2.21. The molecule has 2 heterocycles. The third-order valence-electron chi connectivity index (χ3n) is 3.89. The molecule has 148 valence electrons. The molecule has 3 rings (SSSR count). The Morgan fingerprint density at radius 3 is 2.75 bits per heavy atom. The molecule has 8 nitrogen and oxygen atoms in total. The molecule has 0 aliphatic rings. The minimum atomic E-state index is -2.83. The summed E-state index contributed by atoms with van der Waals surface area (Å²) in [7, 11) is 1.47. The zero-order valence-electron chi connectivity index (χ0n) is 15.2. The molecule has 0 fully saturated rings. The van der Waals surface area contributed by atoms with Crippen molar-refractivity contribution >= 4 is 11.7 Å². The number of hydrogen-bond acceptors (Lipinski definition) is 5. The van der Waals surface area contributed by atoms with Gasteiger partial charge in [-0.3, -0.25) is 4.68 Å². The maximum absolute atomic E-state index is 13.4. The first kappa shape index (κ1) is 19.4. The lowest BCUT2D eigenvalue weighted by Gasteiger charge is -2.10. The quantitative estimate of drug-likeness (QED) is 0.687. The van der Waals surface area contributed by atoms with E-state index >= 15 is 0 Å². The van der Waals surface area contributed by atoms with Crippen LogP contribution in [0.2, 0.25) is 0 Å². The largest absolute Gasteiger partial charge is 0.337 e. The molecule has 0 bridgehead atoms. The topological polar surface area (TPSA) is 97.9 Å². The molecule has 2 amide bonds. The molecular formula is C17H17F3N6O2. The fourth-order valence-electron chi connectivity index (χ4n) is 2.49. The lowest BCUT2D eigenvalue weighted by molar-refractivity contribution is 0.146. The molecule has 1 unspecified atom stereocenters. The van der Waals surface area contributed by atoms with Crippen LogP contribution in [0.1, 0.15) is 36.5 Å². The second-order valence-corrected chi connectivity index (χ2v) is 6.14. The average molecular weight is 394 g/mol. The fraction of sp³-hybridized carbons (Fsp3) is 0.294.